The topological polar surface area (TPSA) is 50.5 Å². The Kier molecular flexibility index (Phi) is 6.79. The fraction of sp³-hybridized carbons (Fsp3) is 0.550. The third kappa shape index (κ3) is 4.50. The molecule has 1 N–H and O–H groups in total. The van der Waals surface area contributed by atoms with Gasteiger partial charge in [-0.1, -0.05) is 23.2 Å². The zero-order valence-electron chi connectivity index (χ0n) is 16.9. The second kappa shape index (κ2) is 8.85. The lowest BCUT2D eigenvalue weighted by Crippen LogP contribution is -2.40. The van der Waals surface area contributed by atoms with Crippen LogP contribution in [0.3, 0.4) is 0 Å². The van der Waals surface area contributed by atoms with Crippen LogP contribution < -0.4 is 9.64 Å². The Balaban J connectivity index is 1.69. The number of ether oxygens (including phenoxy) is 1. The van der Waals surface area contributed by atoms with Gasteiger partial charge in [0.1, 0.15) is 5.75 Å². The Bertz CT molecular complexity index is 896. The van der Waals surface area contributed by atoms with Crippen LogP contribution in [0.25, 0.3) is 0 Å². The molecule has 2 heterocycles. The molecule has 1 aliphatic rings. The van der Waals surface area contributed by atoms with E-state index < -0.39 is 29.0 Å². The minimum absolute atomic E-state index is 0.0674. The van der Waals surface area contributed by atoms with Crippen LogP contribution in [0.5, 0.6) is 5.75 Å². The molecule has 0 amide bonds. The Hall–Kier alpha value is -1.64. The number of benzene rings is 1. The van der Waals surface area contributed by atoms with Gasteiger partial charge in [-0.3, -0.25) is 4.68 Å². The number of hydrogen-bond acceptors (Lipinski definition) is 4. The van der Waals surface area contributed by atoms with E-state index in [0.29, 0.717) is 36.7 Å². The Labute approximate surface area is 183 Å². The number of rotatable bonds is 5. The molecule has 166 valence electrons. The summed E-state index contributed by atoms with van der Waals surface area (Å²) < 4.78 is 45.7. The molecular weight excluding hydrogens is 442 g/mol. The Morgan fingerprint density at radius 3 is 2.40 bits per heavy atom. The maximum atomic E-state index is 13.1. The van der Waals surface area contributed by atoms with Crippen LogP contribution in [0.1, 0.15) is 37.2 Å². The number of aromatic nitrogens is 2. The van der Waals surface area contributed by atoms with Crippen molar-refractivity contribution in [3.05, 3.63) is 39.6 Å². The molecule has 2 atom stereocenters. The molecule has 0 bridgehead atoms. The summed E-state index contributed by atoms with van der Waals surface area (Å²) in [5, 5.41) is 14.6. The lowest BCUT2D eigenvalue weighted by atomic mass is 9.87. The van der Waals surface area contributed by atoms with Crippen molar-refractivity contribution in [2.45, 2.75) is 45.0 Å². The molecule has 0 aliphatic carbocycles. The molecular formula is C20H24Cl2F3N3O2. The molecule has 1 fully saturated rings. The van der Waals surface area contributed by atoms with E-state index in [2.05, 4.69) is 10.00 Å². The van der Waals surface area contributed by atoms with E-state index >= 15 is 0 Å². The fourth-order valence-corrected chi connectivity index (χ4v) is 4.39. The smallest absolute Gasteiger partial charge is 0.436 e. The summed E-state index contributed by atoms with van der Waals surface area (Å²) in [5.74, 6) is 0.526. The van der Waals surface area contributed by atoms with Crippen LogP contribution in [0.15, 0.2) is 18.2 Å². The van der Waals surface area contributed by atoms with E-state index in [9.17, 15) is 18.3 Å². The predicted octanol–water partition coefficient (Wildman–Crippen LogP) is 5.36. The van der Waals surface area contributed by atoms with E-state index in [1.807, 2.05) is 12.1 Å². The van der Waals surface area contributed by atoms with Gasteiger partial charge in [-0.15, -0.1) is 0 Å². The third-order valence-corrected chi connectivity index (χ3v) is 6.51. The number of piperidine rings is 1. The van der Waals surface area contributed by atoms with Gasteiger partial charge in [0, 0.05) is 24.8 Å². The third-order valence-electron chi connectivity index (χ3n) is 5.75. The molecule has 3 rings (SSSR count). The van der Waals surface area contributed by atoms with Crippen molar-refractivity contribution in [1.82, 2.24) is 9.78 Å². The second-order valence-electron chi connectivity index (χ2n) is 7.56. The minimum atomic E-state index is -4.64. The summed E-state index contributed by atoms with van der Waals surface area (Å²) >= 11 is 11.9. The molecule has 30 heavy (non-hydrogen) atoms. The second-order valence-corrected chi connectivity index (χ2v) is 8.35. The SMILES string of the molecule is COc1cc(N2CCC(C(O)C(C)n3nc(C(F)(F)F)c(Cl)c3C)CC2)ccc1Cl. The standard InChI is InChI=1S/C20H24Cl2F3N3O2/c1-11-17(22)19(20(23,24)25)26-28(11)12(2)18(29)13-6-8-27(9-7-13)14-4-5-15(21)16(10-14)30-3/h4-5,10,12-13,18,29H,6-9H2,1-3H3. The van der Waals surface area contributed by atoms with Gasteiger partial charge >= 0.3 is 6.18 Å². The molecule has 0 radical (unpaired) electrons. The molecule has 10 heteroatoms. The van der Waals surface area contributed by atoms with Crippen LogP contribution in [-0.4, -0.2) is 41.2 Å². The van der Waals surface area contributed by atoms with Crippen molar-refractivity contribution in [1.29, 1.82) is 0 Å². The number of alkyl halides is 3. The number of halogens is 5. The summed E-state index contributed by atoms with van der Waals surface area (Å²) in [4.78, 5) is 2.17. The van der Waals surface area contributed by atoms with Crippen molar-refractivity contribution in [3.63, 3.8) is 0 Å². The lowest BCUT2D eigenvalue weighted by Gasteiger charge is -2.37. The van der Waals surface area contributed by atoms with Crippen LogP contribution in [0.2, 0.25) is 10.0 Å². The number of hydrogen-bond donors (Lipinski definition) is 1. The fourth-order valence-electron chi connectivity index (χ4n) is 3.96. The molecule has 1 saturated heterocycles. The summed E-state index contributed by atoms with van der Waals surface area (Å²) in [7, 11) is 1.56. The van der Waals surface area contributed by atoms with Gasteiger partial charge in [0.25, 0.3) is 0 Å². The Morgan fingerprint density at radius 2 is 1.87 bits per heavy atom. The highest BCUT2D eigenvalue weighted by atomic mass is 35.5. The van der Waals surface area contributed by atoms with Crippen molar-refractivity contribution in [2.24, 2.45) is 5.92 Å². The lowest BCUT2D eigenvalue weighted by molar-refractivity contribution is -0.141. The first-order valence-corrected chi connectivity index (χ1v) is 10.4. The van der Waals surface area contributed by atoms with Gasteiger partial charge in [-0.05, 0) is 44.7 Å². The first kappa shape index (κ1) is 23.0. The summed E-state index contributed by atoms with van der Waals surface area (Å²) in [6.07, 6.45) is -4.10. The van der Waals surface area contributed by atoms with Gasteiger partial charge in [0.15, 0.2) is 5.69 Å². The number of aliphatic hydroxyl groups excluding tert-OH is 1. The molecule has 0 saturated carbocycles. The largest absolute Gasteiger partial charge is 0.495 e. The Morgan fingerprint density at radius 1 is 1.23 bits per heavy atom. The highest BCUT2D eigenvalue weighted by Gasteiger charge is 2.40. The zero-order valence-corrected chi connectivity index (χ0v) is 18.4. The van der Waals surface area contributed by atoms with E-state index in [0.717, 1.165) is 5.69 Å². The van der Waals surface area contributed by atoms with Crippen LogP contribution in [-0.2, 0) is 6.18 Å². The van der Waals surface area contributed by atoms with Crippen molar-refractivity contribution < 1.29 is 23.0 Å². The number of aliphatic hydroxyl groups is 1. The monoisotopic (exact) mass is 465 g/mol. The first-order valence-electron chi connectivity index (χ1n) is 9.63. The predicted molar refractivity (Wildman–Crippen MR) is 111 cm³/mol. The van der Waals surface area contributed by atoms with Crippen molar-refractivity contribution in [3.8, 4) is 5.75 Å². The highest BCUT2D eigenvalue weighted by molar-refractivity contribution is 6.32. The molecule has 2 aromatic rings. The molecule has 0 spiro atoms. The maximum Gasteiger partial charge on any atom is 0.436 e. The first-order chi connectivity index (χ1) is 14.0. The molecule has 1 aromatic heterocycles. The van der Waals surface area contributed by atoms with Gasteiger partial charge in [-0.2, -0.15) is 18.3 Å². The van der Waals surface area contributed by atoms with Gasteiger partial charge in [0.2, 0.25) is 0 Å². The number of methoxy groups -OCH3 is 1. The summed E-state index contributed by atoms with van der Waals surface area (Å²) in [6, 6.07) is 4.93. The number of anilines is 1. The van der Waals surface area contributed by atoms with E-state index in [1.54, 1.807) is 20.1 Å². The van der Waals surface area contributed by atoms with Gasteiger partial charge < -0.3 is 14.7 Å². The molecule has 1 aliphatic heterocycles. The van der Waals surface area contributed by atoms with Crippen LogP contribution in [0.4, 0.5) is 18.9 Å². The normalized spacial score (nSPS) is 17.8. The highest BCUT2D eigenvalue weighted by Crippen LogP contribution is 2.38. The van der Waals surface area contributed by atoms with Crippen LogP contribution in [0, 0.1) is 12.8 Å². The average molecular weight is 466 g/mol. The quantitative estimate of drug-likeness (QED) is 0.645. The molecule has 5 nitrogen and oxygen atoms in total. The summed E-state index contributed by atoms with van der Waals surface area (Å²) in [5.41, 5.74) is 0.0511. The van der Waals surface area contributed by atoms with E-state index in [4.69, 9.17) is 27.9 Å². The van der Waals surface area contributed by atoms with Gasteiger partial charge in [-0.25, -0.2) is 0 Å². The maximum absolute atomic E-state index is 13.1. The zero-order chi connectivity index (χ0) is 22.2. The van der Waals surface area contributed by atoms with Crippen molar-refractivity contribution >= 4 is 28.9 Å². The minimum Gasteiger partial charge on any atom is -0.495 e. The van der Waals surface area contributed by atoms with Crippen molar-refractivity contribution in [2.75, 3.05) is 25.1 Å². The van der Waals surface area contributed by atoms with Crippen LogP contribution >= 0.6 is 23.2 Å². The number of nitrogens with zero attached hydrogens (tertiary/aromatic N) is 3. The average Bonchev–Trinajstić information content (AvgIpc) is 3.02. The van der Waals surface area contributed by atoms with Gasteiger partial charge in [0.05, 0.1) is 35.0 Å². The van der Waals surface area contributed by atoms with E-state index in [1.165, 1.54) is 11.6 Å². The van der Waals surface area contributed by atoms with E-state index in [-0.39, 0.29) is 11.6 Å². The summed E-state index contributed by atoms with van der Waals surface area (Å²) in [6.45, 7) is 4.54. The molecule has 2 unspecified atom stereocenters. The molecule has 1 aromatic carbocycles.